The lowest BCUT2D eigenvalue weighted by Gasteiger charge is -2.14. The Morgan fingerprint density at radius 1 is 1.50 bits per heavy atom. The van der Waals surface area contributed by atoms with E-state index in [9.17, 15) is 0 Å². The topological polar surface area (TPSA) is 37.8 Å². The minimum Gasteiger partial charge on any atom is -0.311 e. The number of hydrogen-bond acceptors (Lipinski definition) is 3. The van der Waals surface area contributed by atoms with Crippen LogP contribution in [0.4, 0.5) is 0 Å². The third-order valence-electron chi connectivity index (χ3n) is 1.79. The molecular weight excluding hydrogens is 197 g/mol. The molecule has 0 saturated heterocycles. The number of aromatic nitrogens is 2. The maximum atomic E-state index is 5.63. The van der Waals surface area contributed by atoms with E-state index in [-0.39, 0.29) is 12.4 Å². The van der Waals surface area contributed by atoms with Crippen LogP contribution in [0, 0.1) is 0 Å². The second-order valence-electron chi connectivity index (χ2n) is 2.54. The summed E-state index contributed by atoms with van der Waals surface area (Å²) in [7, 11) is 0. The van der Waals surface area contributed by atoms with E-state index in [4.69, 9.17) is 11.6 Å². The highest BCUT2D eigenvalue weighted by Gasteiger charge is 2.09. The Hall–Kier alpha value is -0.380. The van der Waals surface area contributed by atoms with Crippen LogP contribution >= 0.6 is 24.0 Å². The second-order valence-corrected chi connectivity index (χ2v) is 2.88. The molecule has 0 radical (unpaired) electrons. The van der Waals surface area contributed by atoms with E-state index in [1.807, 2.05) is 6.20 Å². The van der Waals surface area contributed by atoms with Crippen molar-refractivity contribution in [1.82, 2.24) is 15.3 Å². The molecule has 0 unspecified atom stereocenters. The molecule has 3 nitrogen and oxygen atoms in total. The SMILES string of the molecule is Cl.Clc1ncc2c(n1)CNCC2. The van der Waals surface area contributed by atoms with E-state index in [0.717, 1.165) is 25.2 Å². The maximum Gasteiger partial charge on any atom is 0.222 e. The molecule has 0 aromatic carbocycles. The zero-order valence-corrected chi connectivity index (χ0v) is 7.95. The summed E-state index contributed by atoms with van der Waals surface area (Å²) in [6.07, 6.45) is 2.82. The lowest BCUT2D eigenvalue weighted by Crippen LogP contribution is -2.24. The molecule has 1 N–H and O–H groups in total. The van der Waals surface area contributed by atoms with Gasteiger partial charge in [-0.2, -0.15) is 0 Å². The molecule has 12 heavy (non-hydrogen) atoms. The van der Waals surface area contributed by atoms with E-state index < -0.39 is 0 Å². The molecular formula is C7H9Cl2N3. The van der Waals surface area contributed by atoms with Crippen molar-refractivity contribution in [2.24, 2.45) is 0 Å². The van der Waals surface area contributed by atoms with Crippen LogP contribution in [-0.2, 0) is 13.0 Å². The zero-order valence-electron chi connectivity index (χ0n) is 6.38. The Bertz CT molecular complexity index is 277. The van der Waals surface area contributed by atoms with Crippen LogP contribution < -0.4 is 5.32 Å². The van der Waals surface area contributed by atoms with Gasteiger partial charge in [0.2, 0.25) is 5.28 Å². The first kappa shape index (κ1) is 9.71. The van der Waals surface area contributed by atoms with E-state index in [1.165, 1.54) is 5.56 Å². The number of halogens is 2. The third-order valence-corrected chi connectivity index (χ3v) is 1.97. The van der Waals surface area contributed by atoms with Crippen LogP contribution in [0.5, 0.6) is 0 Å². The van der Waals surface area contributed by atoms with Crippen LogP contribution in [0.2, 0.25) is 5.28 Å². The van der Waals surface area contributed by atoms with Gasteiger partial charge in [0, 0.05) is 12.7 Å². The van der Waals surface area contributed by atoms with Crippen LogP contribution in [0.3, 0.4) is 0 Å². The van der Waals surface area contributed by atoms with E-state index >= 15 is 0 Å². The summed E-state index contributed by atoms with van der Waals surface area (Å²) in [6, 6.07) is 0. The van der Waals surface area contributed by atoms with Gasteiger partial charge in [-0.3, -0.25) is 0 Å². The minimum absolute atomic E-state index is 0. The Morgan fingerprint density at radius 3 is 3.17 bits per heavy atom. The average Bonchev–Trinajstić information content (AvgIpc) is 2.04. The largest absolute Gasteiger partial charge is 0.311 e. The summed E-state index contributed by atoms with van der Waals surface area (Å²) in [6.45, 7) is 1.83. The fraction of sp³-hybridized carbons (Fsp3) is 0.429. The van der Waals surface area contributed by atoms with Gasteiger partial charge in [0.15, 0.2) is 0 Å². The smallest absolute Gasteiger partial charge is 0.222 e. The van der Waals surface area contributed by atoms with Gasteiger partial charge < -0.3 is 5.32 Å². The molecule has 1 aliphatic rings. The molecule has 5 heteroatoms. The first-order valence-electron chi connectivity index (χ1n) is 3.57. The van der Waals surface area contributed by atoms with Crippen LogP contribution in [0.25, 0.3) is 0 Å². The summed E-state index contributed by atoms with van der Waals surface area (Å²) in [5, 5.41) is 3.56. The van der Waals surface area contributed by atoms with Gasteiger partial charge >= 0.3 is 0 Å². The molecule has 0 spiro atoms. The van der Waals surface area contributed by atoms with Crippen molar-refractivity contribution in [2.45, 2.75) is 13.0 Å². The molecule has 1 aliphatic heterocycles. The van der Waals surface area contributed by atoms with E-state index in [2.05, 4.69) is 15.3 Å². The van der Waals surface area contributed by atoms with Crippen LogP contribution in [0.15, 0.2) is 6.20 Å². The van der Waals surface area contributed by atoms with Crippen molar-refractivity contribution in [3.05, 3.63) is 22.7 Å². The highest BCUT2D eigenvalue weighted by atomic mass is 35.5. The van der Waals surface area contributed by atoms with Crippen molar-refractivity contribution < 1.29 is 0 Å². The van der Waals surface area contributed by atoms with Crippen molar-refractivity contribution in [2.75, 3.05) is 6.54 Å². The molecule has 66 valence electrons. The van der Waals surface area contributed by atoms with Crippen molar-refractivity contribution >= 4 is 24.0 Å². The van der Waals surface area contributed by atoms with Gasteiger partial charge in [-0.15, -0.1) is 12.4 Å². The molecule has 2 rings (SSSR count). The summed E-state index contributed by atoms with van der Waals surface area (Å²) in [4.78, 5) is 8.02. The van der Waals surface area contributed by atoms with Crippen molar-refractivity contribution in [3.8, 4) is 0 Å². The molecule has 0 bridgehead atoms. The maximum absolute atomic E-state index is 5.63. The third kappa shape index (κ3) is 1.86. The van der Waals surface area contributed by atoms with E-state index in [0.29, 0.717) is 5.28 Å². The Balaban J connectivity index is 0.000000720. The van der Waals surface area contributed by atoms with Gasteiger partial charge in [-0.25, -0.2) is 9.97 Å². The lowest BCUT2D eigenvalue weighted by atomic mass is 10.1. The number of nitrogens with zero attached hydrogens (tertiary/aromatic N) is 2. The predicted molar refractivity (Wildman–Crippen MR) is 49.7 cm³/mol. The normalized spacial score (nSPS) is 14.8. The molecule has 0 amide bonds. The highest BCUT2D eigenvalue weighted by molar-refractivity contribution is 6.28. The first-order chi connectivity index (χ1) is 5.36. The minimum atomic E-state index is 0. The van der Waals surface area contributed by atoms with Gasteiger partial charge in [0.05, 0.1) is 5.69 Å². The molecule has 0 aliphatic carbocycles. The number of rotatable bonds is 0. The molecule has 0 saturated carbocycles. The van der Waals surface area contributed by atoms with Crippen molar-refractivity contribution in [3.63, 3.8) is 0 Å². The molecule has 1 aromatic heterocycles. The predicted octanol–water partition coefficient (Wildman–Crippen LogP) is 1.20. The van der Waals surface area contributed by atoms with Crippen molar-refractivity contribution in [1.29, 1.82) is 0 Å². The summed E-state index contributed by atoms with van der Waals surface area (Å²) in [5.74, 6) is 0. The van der Waals surface area contributed by atoms with Gasteiger partial charge in [0.25, 0.3) is 0 Å². The molecule has 2 heterocycles. The fourth-order valence-electron chi connectivity index (χ4n) is 1.21. The standard InChI is InChI=1S/C7H8ClN3.ClH/c8-7-10-3-5-1-2-9-4-6(5)11-7;/h3,9H,1-2,4H2;1H. The Morgan fingerprint density at radius 2 is 2.33 bits per heavy atom. The number of nitrogens with one attached hydrogen (secondary N) is 1. The number of fused-ring (bicyclic) bond motifs is 1. The quantitative estimate of drug-likeness (QED) is 0.648. The number of hydrogen-bond donors (Lipinski definition) is 1. The van der Waals surface area contributed by atoms with Crippen LogP contribution in [-0.4, -0.2) is 16.5 Å². The molecule has 0 atom stereocenters. The lowest BCUT2D eigenvalue weighted by molar-refractivity contribution is 0.623. The average molecular weight is 206 g/mol. The summed E-state index contributed by atoms with van der Waals surface area (Å²) < 4.78 is 0. The van der Waals surface area contributed by atoms with E-state index in [1.54, 1.807) is 0 Å². The molecule has 1 aromatic rings. The Kier molecular flexibility index (Phi) is 3.26. The Labute approximate surface area is 82.0 Å². The first-order valence-corrected chi connectivity index (χ1v) is 3.95. The molecule has 0 fully saturated rings. The fourth-order valence-corrected chi connectivity index (χ4v) is 1.36. The van der Waals surface area contributed by atoms with Gasteiger partial charge in [-0.1, -0.05) is 0 Å². The zero-order chi connectivity index (χ0) is 7.68. The second kappa shape index (κ2) is 4.03. The summed E-state index contributed by atoms with van der Waals surface area (Å²) >= 11 is 5.63. The highest BCUT2D eigenvalue weighted by Crippen LogP contribution is 2.11. The van der Waals surface area contributed by atoms with Crippen LogP contribution in [0.1, 0.15) is 11.3 Å². The van der Waals surface area contributed by atoms with Gasteiger partial charge in [-0.05, 0) is 30.1 Å². The van der Waals surface area contributed by atoms with Gasteiger partial charge in [0.1, 0.15) is 0 Å². The summed E-state index contributed by atoms with van der Waals surface area (Å²) in [5.41, 5.74) is 2.25. The monoisotopic (exact) mass is 205 g/mol.